The molecule has 20 heavy (non-hydrogen) atoms. The summed E-state index contributed by atoms with van der Waals surface area (Å²) in [6, 6.07) is -5.52. The average molecular weight is 310 g/mol. The molecule has 1 aromatic heterocycles. The number of aliphatic carboxylic acids is 1. The van der Waals surface area contributed by atoms with E-state index in [1.165, 1.54) is 6.92 Å². The minimum atomic E-state index is -3.60. The molecule has 0 saturated heterocycles. The molecule has 0 aromatic carbocycles. The zero-order valence-electron chi connectivity index (χ0n) is 17.2. The predicted octanol–water partition coefficient (Wildman–Crippen LogP) is 2.12. The topological polar surface area (TPSA) is 109 Å². The summed E-state index contributed by atoms with van der Waals surface area (Å²) < 4.78 is 53.7. The molecule has 0 radical (unpaired) electrons. The highest BCUT2D eigenvalue weighted by Gasteiger charge is 2.33. The van der Waals surface area contributed by atoms with Crippen LogP contribution in [0.1, 0.15) is 36.6 Å². The standard InChI is InChI=1S/C11H15ClN4O4/c1-4-7(10(17)18)15(6(2)3)9-8(16(19)20)5-13-11(12)14-9/h5-7H,4H2,1-3H3,(H,17,18)/i2D3,3D3,6D. The first kappa shape index (κ1) is 8.35. The molecule has 0 bridgehead atoms. The van der Waals surface area contributed by atoms with Crippen molar-refractivity contribution in [1.29, 1.82) is 0 Å². The number of carboxylic acids is 1. The van der Waals surface area contributed by atoms with Crippen LogP contribution in [-0.4, -0.2) is 38.0 Å². The fraction of sp³-hybridized carbons (Fsp3) is 0.545. The molecule has 0 fully saturated rings. The number of carboxylic acid groups (broad SMARTS) is 1. The number of hydrogen-bond donors (Lipinski definition) is 1. The molecular formula is C11H15ClN4O4. The molecule has 0 amide bonds. The van der Waals surface area contributed by atoms with Gasteiger partial charge in [-0.05, 0) is 31.7 Å². The van der Waals surface area contributed by atoms with Crippen LogP contribution in [0.2, 0.25) is 5.28 Å². The number of anilines is 1. The molecule has 1 heterocycles. The second-order valence-corrected chi connectivity index (χ2v) is 3.92. The Labute approximate surface area is 130 Å². The van der Waals surface area contributed by atoms with Crippen LogP contribution in [0, 0.1) is 10.1 Å². The Hall–Kier alpha value is -1.96. The first-order valence-corrected chi connectivity index (χ1v) is 5.66. The van der Waals surface area contributed by atoms with Gasteiger partial charge in [0.2, 0.25) is 11.1 Å². The number of rotatable bonds is 6. The molecule has 1 aromatic rings. The molecule has 8 nitrogen and oxygen atoms in total. The SMILES string of the molecule is [2H]C([2H])([2H])C([2H])(N(c1nc(Cl)ncc1[N+](=O)[O-])C(CC)C(=O)O)C([2H])([2H])[2H]. The number of hydrogen-bond acceptors (Lipinski definition) is 6. The molecule has 1 atom stereocenters. The molecule has 9 heteroatoms. The van der Waals surface area contributed by atoms with E-state index in [2.05, 4.69) is 9.97 Å². The summed E-state index contributed by atoms with van der Waals surface area (Å²) in [4.78, 5) is 28.9. The van der Waals surface area contributed by atoms with Gasteiger partial charge in [0, 0.05) is 14.2 Å². The minimum Gasteiger partial charge on any atom is -0.480 e. The van der Waals surface area contributed by atoms with Crippen molar-refractivity contribution >= 4 is 29.1 Å². The lowest BCUT2D eigenvalue weighted by molar-refractivity contribution is -0.384. The molecule has 0 saturated carbocycles. The van der Waals surface area contributed by atoms with Crippen molar-refractivity contribution in [3.63, 3.8) is 0 Å². The fourth-order valence-corrected chi connectivity index (χ4v) is 1.66. The summed E-state index contributed by atoms with van der Waals surface area (Å²) >= 11 is 5.61. The van der Waals surface area contributed by atoms with Crippen LogP contribution in [0.25, 0.3) is 0 Å². The normalized spacial score (nSPS) is 19.2. The van der Waals surface area contributed by atoms with Crippen molar-refractivity contribution in [2.45, 2.75) is 39.1 Å². The monoisotopic (exact) mass is 309 g/mol. The van der Waals surface area contributed by atoms with Crippen molar-refractivity contribution in [1.82, 2.24) is 9.97 Å². The summed E-state index contributed by atoms with van der Waals surface area (Å²) in [5, 5.41) is 20.1. The van der Waals surface area contributed by atoms with Gasteiger partial charge in [0.1, 0.15) is 12.2 Å². The van der Waals surface area contributed by atoms with Crippen LogP contribution in [-0.2, 0) is 4.79 Å². The summed E-state index contributed by atoms with van der Waals surface area (Å²) in [5.41, 5.74) is -0.996. The van der Waals surface area contributed by atoms with E-state index in [1.807, 2.05) is 0 Å². The van der Waals surface area contributed by atoms with Crippen molar-refractivity contribution in [2.24, 2.45) is 0 Å². The van der Waals surface area contributed by atoms with E-state index in [9.17, 15) is 20.0 Å². The lowest BCUT2D eigenvalue weighted by atomic mass is 10.1. The molecule has 1 unspecified atom stereocenters. The van der Waals surface area contributed by atoms with Crippen molar-refractivity contribution in [3.8, 4) is 0 Å². The van der Waals surface area contributed by atoms with E-state index in [4.69, 9.17) is 21.2 Å². The number of nitro groups is 1. The Morgan fingerprint density at radius 2 is 2.40 bits per heavy atom. The third-order valence-corrected chi connectivity index (χ3v) is 2.55. The number of nitrogens with zero attached hydrogens (tertiary/aromatic N) is 4. The summed E-state index contributed by atoms with van der Waals surface area (Å²) in [5.74, 6) is -2.69. The van der Waals surface area contributed by atoms with E-state index in [0.29, 0.717) is 6.20 Å². The van der Waals surface area contributed by atoms with Gasteiger partial charge in [-0.25, -0.2) is 9.78 Å². The fourth-order valence-electron chi connectivity index (χ4n) is 1.53. The molecule has 0 aliphatic heterocycles. The first-order valence-electron chi connectivity index (χ1n) is 8.78. The summed E-state index contributed by atoms with van der Waals surface area (Å²) in [6.45, 7) is -5.93. The second kappa shape index (κ2) is 6.47. The number of aromatic nitrogens is 2. The quantitative estimate of drug-likeness (QED) is 0.487. The van der Waals surface area contributed by atoms with Crippen LogP contribution in [0.3, 0.4) is 0 Å². The highest BCUT2D eigenvalue weighted by atomic mass is 35.5. The van der Waals surface area contributed by atoms with Gasteiger partial charge in [-0.3, -0.25) is 10.1 Å². The highest BCUT2D eigenvalue weighted by molar-refractivity contribution is 6.28. The molecule has 0 aliphatic carbocycles. The van der Waals surface area contributed by atoms with E-state index in [-0.39, 0.29) is 11.3 Å². The van der Waals surface area contributed by atoms with Gasteiger partial charge in [-0.1, -0.05) is 6.92 Å². The van der Waals surface area contributed by atoms with Gasteiger partial charge in [-0.15, -0.1) is 0 Å². The van der Waals surface area contributed by atoms with E-state index in [1.54, 1.807) is 0 Å². The maximum Gasteiger partial charge on any atom is 0.329 e. The Kier molecular flexibility index (Phi) is 2.70. The Balaban J connectivity index is 4.03. The van der Waals surface area contributed by atoms with Crippen molar-refractivity contribution in [3.05, 3.63) is 21.6 Å². The number of carbonyl (C=O) groups is 1. The molecule has 1 rings (SSSR count). The third-order valence-electron chi connectivity index (χ3n) is 2.37. The van der Waals surface area contributed by atoms with Gasteiger partial charge in [-0.2, -0.15) is 4.98 Å². The van der Waals surface area contributed by atoms with Crippen LogP contribution in [0.5, 0.6) is 0 Å². The zero-order valence-corrected chi connectivity index (χ0v) is 11.0. The van der Waals surface area contributed by atoms with Gasteiger partial charge in [0.05, 0.1) is 6.29 Å². The zero-order chi connectivity index (χ0) is 21.4. The summed E-state index contributed by atoms with van der Waals surface area (Å²) in [6.07, 6.45) is 0.187. The third kappa shape index (κ3) is 3.32. The molecule has 0 aliphatic rings. The lowest BCUT2D eigenvalue weighted by Gasteiger charge is -2.32. The maximum absolute atomic E-state index is 11.7. The average Bonchev–Trinajstić information content (AvgIpc) is 2.48. The Morgan fingerprint density at radius 3 is 2.85 bits per heavy atom. The van der Waals surface area contributed by atoms with Crippen molar-refractivity contribution in [2.75, 3.05) is 4.90 Å². The van der Waals surface area contributed by atoms with Crippen molar-refractivity contribution < 1.29 is 24.4 Å². The van der Waals surface area contributed by atoms with E-state index < -0.39 is 53.4 Å². The predicted molar refractivity (Wildman–Crippen MR) is 73.0 cm³/mol. The largest absolute Gasteiger partial charge is 0.480 e. The lowest BCUT2D eigenvalue weighted by Crippen LogP contribution is -2.46. The van der Waals surface area contributed by atoms with Crippen LogP contribution >= 0.6 is 11.6 Å². The van der Waals surface area contributed by atoms with Crippen LogP contribution in [0.15, 0.2) is 6.20 Å². The smallest absolute Gasteiger partial charge is 0.329 e. The molecular weight excluding hydrogens is 288 g/mol. The van der Waals surface area contributed by atoms with Crippen LogP contribution < -0.4 is 4.90 Å². The summed E-state index contributed by atoms with van der Waals surface area (Å²) in [7, 11) is 0. The second-order valence-electron chi connectivity index (χ2n) is 3.59. The minimum absolute atomic E-state index is 0.0982. The Morgan fingerprint density at radius 1 is 1.75 bits per heavy atom. The van der Waals surface area contributed by atoms with Gasteiger partial charge < -0.3 is 10.0 Å². The Bertz CT molecular complexity index is 728. The highest BCUT2D eigenvalue weighted by Crippen LogP contribution is 2.30. The van der Waals surface area contributed by atoms with E-state index >= 15 is 0 Å². The maximum atomic E-state index is 11.7. The van der Waals surface area contributed by atoms with E-state index in [0.717, 1.165) is 0 Å². The van der Waals surface area contributed by atoms with Crippen LogP contribution in [0.4, 0.5) is 11.5 Å². The molecule has 110 valence electrons. The van der Waals surface area contributed by atoms with Gasteiger partial charge in [0.25, 0.3) is 0 Å². The first-order chi connectivity index (χ1) is 12.1. The number of halogens is 1. The molecule has 0 spiro atoms. The molecule has 1 N–H and O–H groups in total. The van der Waals surface area contributed by atoms with Gasteiger partial charge in [0.15, 0.2) is 0 Å². The van der Waals surface area contributed by atoms with Gasteiger partial charge >= 0.3 is 11.7 Å².